The highest BCUT2D eigenvalue weighted by Gasteiger charge is 2.16. The molecule has 8 aromatic carbocycles. The summed E-state index contributed by atoms with van der Waals surface area (Å²) in [6.45, 7) is 0. The summed E-state index contributed by atoms with van der Waals surface area (Å²) in [6, 6.07) is 67.8. The van der Waals surface area contributed by atoms with Crippen LogP contribution in [0.25, 0.3) is 77.9 Å². The molecule has 0 amide bonds. The first-order chi connectivity index (χ1) is 26.2. The number of hydrogen-bond acceptors (Lipinski definition) is 4. The van der Waals surface area contributed by atoms with Gasteiger partial charge < -0.3 is 13.7 Å². The fraction of sp³-hybridized carbons (Fsp3) is 0. The molecule has 0 bridgehead atoms. The van der Waals surface area contributed by atoms with Crippen molar-refractivity contribution in [3.63, 3.8) is 0 Å². The highest BCUT2D eigenvalue weighted by atomic mass is 16.4. The molecular weight excluding hydrogens is 649 g/mol. The van der Waals surface area contributed by atoms with Crippen molar-refractivity contribution in [3.05, 3.63) is 194 Å². The summed E-state index contributed by atoms with van der Waals surface area (Å²) in [5, 5.41) is 2.06. The number of nitrogens with zero attached hydrogens (tertiary/aromatic N) is 2. The van der Waals surface area contributed by atoms with Crippen LogP contribution in [0, 0.1) is 0 Å². The summed E-state index contributed by atoms with van der Waals surface area (Å²) in [4.78, 5) is 7.12. The summed E-state index contributed by atoms with van der Waals surface area (Å²) in [5.41, 5.74) is 14.3. The van der Waals surface area contributed by atoms with Gasteiger partial charge in [-0.15, -0.1) is 0 Å². The van der Waals surface area contributed by atoms with Crippen LogP contribution >= 0.6 is 0 Å². The summed E-state index contributed by atoms with van der Waals surface area (Å²) < 4.78 is 12.4. The van der Waals surface area contributed by atoms with E-state index >= 15 is 0 Å². The van der Waals surface area contributed by atoms with Gasteiger partial charge in [-0.3, -0.25) is 0 Å². The summed E-state index contributed by atoms with van der Waals surface area (Å²) in [7, 11) is 0. The normalized spacial score (nSPS) is 11.4. The van der Waals surface area contributed by atoms with Crippen LogP contribution in [-0.2, 0) is 0 Å². The van der Waals surface area contributed by atoms with E-state index in [1.807, 2.05) is 36.4 Å². The van der Waals surface area contributed by atoms with Gasteiger partial charge in [-0.2, -0.15) is 0 Å². The van der Waals surface area contributed by atoms with Crippen molar-refractivity contribution in [3.8, 4) is 44.8 Å². The molecule has 250 valence electrons. The number of oxazole rings is 1. The van der Waals surface area contributed by atoms with Crippen LogP contribution in [0.4, 0.5) is 17.1 Å². The lowest BCUT2D eigenvalue weighted by molar-refractivity contribution is 0.617. The van der Waals surface area contributed by atoms with Gasteiger partial charge in [0.05, 0.1) is 0 Å². The topological polar surface area (TPSA) is 42.4 Å². The molecule has 10 aromatic rings. The highest BCUT2D eigenvalue weighted by Crippen LogP contribution is 2.39. The third-order valence-electron chi connectivity index (χ3n) is 9.92. The third-order valence-corrected chi connectivity index (χ3v) is 9.92. The molecule has 0 fully saturated rings. The molecule has 4 nitrogen and oxygen atoms in total. The van der Waals surface area contributed by atoms with Gasteiger partial charge in [0.15, 0.2) is 5.58 Å². The van der Waals surface area contributed by atoms with Gasteiger partial charge in [0.2, 0.25) is 5.89 Å². The van der Waals surface area contributed by atoms with Crippen molar-refractivity contribution in [1.82, 2.24) is 4.98 Å². The molecule has 2 heterocycles. The van der Waals surface area contributed by atoms with Gasteiger partial charge in [0.25, 0.3) is 0 Å². The van der Waals surface area contributed by atoms with Gasteiger partial charge in [0, 0.05) is 39.5 Å². The minimum atomic E-state index is 0.603. The summed E-state index contributed by atoms with van der Waals surface area (Å²) >= 11 is 0. The van der Waals surface area contributed by atoms with E-state index in [9.17, 15) is 0 Å². The number of anilines is 3. The summed E-state index contributed by atoms with van der Waals surface area (Å²) in [6.07, 6.45) is 0. The Kier molecular flexibility index (Phi) is 7.43. The monoisotopic (exact) mass is 680 g/mol. The third kappa shape index (κ3) is 5.73. The molecule has 0 unspecified atom stereocenters. The Hall–Kier alpha value is -7.17. The van der Waals surface area contributed by atoms with Crippen LogP contribution in [-0.4, -0.2) is 4.98 Å². The second kappa shape index (κ2) is 12.9. The van der Waals surface area contributed by atoms with Crippen molar-refractivity contribution < 1.29 is 8.83 Å². The Labute approximate surface area is 306 Å². The Bertz CT molecular complexity index is 2760. The Morgan fingerprint density at radius 3 is 1.28 bits per heavy atom. The molecule has 53 heavy (non-hydrogen) atoms. The Morgan fingerprint density at radius 1 is 0.321 bits per heavy atom. The van der Waals surface area contributed by atoms with Crippen molar-refractivity contribution in [1.29, 1.82) is 0 Å². The second-order valence-corrected chi connectivity index (χ2v) is 13.2. The average molecular weight is 681 g/mol. The second-order valence-electron chi connectivity index (χ2n) is 13.2. The van der Waals surface area contributed by atoms with E-state index in [-0.39, 0.29) is 0 Å². The predicted molar refractivity (Wildman–Crippen MR) is 218 cm³/mol. The summed E-state index contributed by atoms with van der Waals surface area (Å²) in [5.74, 6) is 0.603. The maximum Gasteiger partial charge on any atom is 0.227 e. The van der Waals surface area contributed by atoms with Crippen LogP contribution in [0.15, 0.2) is 203 Å². The molecule has 0 N–H and O–H groups in total. The number of aromatic nitrogens is 1. The molecule has 0 atom stereocenters. The minimum absolute atomic E-state index is 0.603. The van der Waals surface area contributed by atoms with E-state index in [2.05, 4.69) is 163 Å². The molecule has 0 aliphatic heterocycles. The van der Waals surface area contributed by atoms with Crippen LogP contribution in [0.5, 0.6) is 0 Å². The maximum atomic E-state index is 6.29. The van der Waals surface area contributed by atoms with Crippen LogP contribution < -0.4 is 4.90 Å². The predicted octanol–water partition coefficient (Wildman–Crippen LogP) is 13.9. The fourth-order valence-electron chi connectivity index (χ4n) is 7.20. The van der Waals surface area contributed by atoms with Gasteiger partial charge in [-0.25, -0.2) is 4.98 Å². The first kappa shape index (κ1) is 30.6. The molecular formula is C49H32N2O2. The SMILES string of the molecule is c1ccc(-c2ccc(N(c3ccc(-c4ccccc4)cc3)c3ccc(-c4ccc5oc6cc7oc(-c8ccccc8)nc7cc6c5c4)cc3)cc2)cc1. The quantitative estimate of drug-likeness (QED) is 0.168. The van der Waals surface area contributed by atoms with Crippen molar-refractivity contribution >= 4 is 50.1 Å². The van der Waals surface area contributed by atoms with E-state index in [1.165, 1.54) is 22.3 Å². The lowest BCUT2D eigenvalue weighted by atomic mass is 10.0. The van der Waals surface area contributed by atoms with E-state index in [4.69, 9.17) is 13.8 Å². The van der Waals surface area contributed by atoms with Crippen LogP contribution in [0.2, 0.25) is 0 Å². The smallest absolute Gasteiger partial charge is 0.227 e. The number of furan rings is 1. The molecule has 0 spiro atoms. The lowest BCUT2D eigenvalue weighted by Crippen LogP contribution is -2.09. The fourth-order valence-corrected chi connectivity index (χ4v) is 7.20. The molecule has 4 heteroatoms. The number of benzene rings is 8. The maximum absolute atomic E-state index is 6.29. The molecule has 0 aliphatic rings. The zero-order valence-corrected chi connectivity index (χ0v) is 28.7. The van der Waals surface area contributed by atoms with Crippen LogP contribution in [0.1, 0.15) is 0 Å². The Balaban J connectivity index is 1.01. The standard InChI is InChI=1S/C49H32N2O2/c1-4-10-33(11-5-1)35-16-23-40(24-17-35)51(41-25-18-36(19-26-41)34-12-6-2-7-13-34)42-27-20-37(21-28-42)39-22-29-46-43(30-39)44-31-45-48(32-47(44)52-46)53-49(50-45)38-14-8-3-9-15-38/h1-32H. The first-order valence-corrected chi connectivity index (χ1v) is 17.8. The molecule has 0 radical (unpaired) electrons. The van der Waals surface area contributed by atoms with Crippen molar-refractivity contribution in [2.24, 2.45) is 0 Å². The average Bonchev–Trinajstić information content (AvgIpc) is 3.82. The van der Waals surface area contributed by atoms with Gasteiger partial charge in [0.1, 0.15) is 16.7 Å². The number of rotatable bonds is 7. The largest absolute Gasteiger partial charge is 0.456 e. The first-order valence-electron chi connectivity index (χ1n) is 17.8. The van der Waals surface area contributed by atoms with E-state index < -0.39 is 0 Å². The molecule has 0 saturated heterocycles. The zero-order valence-electron chi connectivity index (χ0n) is 28.7. The van der Waals surface area contributed by atoms with Gasteiger partial charge >= 0.3 is 0 Å². The minimum Gasteiger partial charge on any atom is -0.456 e. The molecule has 0 aliphatic carbocycles. The molecule has 10 rings (SSSR count). The number of fused-ring (bicyclic) bond motifs is 4. The highest BCUT2D eigenvalue weighted by molar-refractivity contribution is 6.10. The van der Waals surface area contributed by atoms with E-state index in [0.717, 1.165) is 61.2 Å². The number of hydrogen-bond donors (Lipinski definition) is 0. The molecule has 2 aromatic heterocycles. The Morgan fingerprint density at radius 2 is 0.755 bits per heavy atom. The van der Waals surface area contributed by atoms with Crippen molar-refractivity contribution in [2.75, 3.05) is 4.90 Å². The van der Waals surface area contributed by atoms with E-state index in [1.54, 1.807) is 0 Å². The van der Waals surface area contributed by atoms with E-state index in [0.29, 0.717) is 11.5 Å². The van der Waals surface area contributed by atoms with Gasteiger partial charge in [-0.1, -0.05) is 121 Å². The van der Waals surface area contributed by atoms with Crippen LogP contribution in [0.3, 0.4) is 0 Å². The van der Waals surface area contributed by atoms with Gasteiger partial charge in [-0.05, 0) is 100 Å². The molecule has 0 saturated carbocycles. The zero-order chi connectivity index (χ0) is 35.1. The van der Waals surface area contributed by atoms with Crippen molar-refractivity contribution in [2.45, 2.75) is 0 Å². The lowest BCUT2D eigenvalue weighted by Gasteiger charge is -2.26.